The molecule has 62 heavy (non-hydrogen) atoms. The minimum atomic E-state index is -5.06. The zero-order chi connectivity index (χ0) is 46.4. The minimum absolute atomic E-state index is 0.209. The Hall–Kier alpha value is -1.60. The third-order valence-electron chi connectivity index (χ3n) is 12.1. The van der Waals surface area contributed by atoms with Gasteiger partial charge in [0.2, 0.25) is 7.34 Å². The van der Waals surface area contributed by atoms with Crippen molar-refractivity contribution in [3.05, 3.63) is 0 Å². The van der Waals surface area contributed by atoms with E-state index in [1.54, 1.807) is 0 Å². The number of hydrogen-bond acceptors (Lipinski definition) is 10. The highest BCUT2D eigenvalue weighted by molar-refractivity contribution is 7.46. The van der Waals surface area contributed by atoms with Crippen LogP contribution in [0.1, 0.15) is 233 Å². The smallest absolute Gasteiger partial charge is 0.470 e. The molecular formula is C48H92NO12P. The zero-order valence-corrected chi connectivity index (χ0v) is 40.3. The van der Waals surface area contributed by atoms with Crippen LogP contribution in [0.5, 0.6) is 0 Å². The third kappa shape index (κ3) is 32.1. The molecule has 0 bridgehead atoms. The summed E-state index contributed by atoms with van der Waals surface area (Å²) >= 11 is 0. The number of aliphatic carboxylic acids is 1. The summed E-state index contributed by atoms with van der Waals surface area (Å²) in [6.45, 7) is 5.31. The Morgan fingerprint density at radius 1 is 0.677 bits per heavy atom. The van der Waals surface area contributed by atoms with E-state index in [1.807, 2.05) is 0 Å². The number of aliphatic hydroxyl groups excluding tert-OH is 1. The van der Waals surface area contributed by atoms with E-state index < -0.39 is 75.3 Å². The fourth-order valence-corrected chi connectivity index (χ4v) is 9.02. The van der Waals surface area contributed by atoms with E-state index >= 15 is 0 Å². The summed E-state index contributed by atoms with van der Waals surface area (Å²) in [5.41, 5.74) is 0. The number of aliphatic hydroxyl groups is 1. The van der Waals surface area contributed by atoms with Crippen LogP contribution in [0.4, 0.5) is 0 Å². The van der Waals surface area contributed by atoms with Crippen LogP contribution in [0.15, 0.2) is 0 Å². The Labute approximate surface area is 378 Å². The molecule has 0 radical (unpaired) electrons. The van der Waals surface area contributed by atoms with Crippen molar-refractivity contribution in [1.29, 1.82) is 1.43 Å². The maximum atomic E-state index is 14.3. The molecule has 5 N–H and O–H groups in total. The van der Waals surface area contributed by atoms with Crippen LogP contribution < -0.4 is 5.32 Å². The number of unbranched alkanes of at least 4 members (excludes halogenated alkanes) is 26. The molecule has 1 heterocycles. The molecule has 1 amide bonds. The standard InChI is InChI=1S/C48H92NO12P/c1-4-7-10-13-16-19-22-24-27-30-33-40(34-31-28-25-23-20-17-14-11-8-5-2)48(54)60-46-42(37-59-43(38-58-39-45(52)53)47(46)61-62(55,56)57)49-44(51)36-41(50)35-32-29-26-21-18-15-12-9-6-3/h40-43,46-47,50H,4-39H2,1-3H3,(H,49,51)(H,52,53)(H2,55,56,57)/t41-,42+,43-,46-,47-/m1/s1/i/hD. The molecule has 1 unspecified atom stereocenters. The van der Waals surface area contributed by atoms with Gasteiger partial charge in [0.25, 0.3) is 0 Å². The fourth-order valence-electron chi connectivity index (χ4n) is 8.46. The van der Waals surface area contributed by atoms with Crippen molar-refractivity contribution in [3.63, 3.8) is 0 Å². The third-order valence-corrected chi connectivity index (χ3v) is 12.7. The molecular weight excluding hydrogens is 813 g/mol. The molecule has 1 saturated heterocycles. The minimum Gasteiger partial charge on any atom is -0.480 e. The number of hydrogen-bond donors (Lipinski definition) is 5. The molecule has 6 atom stereocenters. The molecule has 0 aliphatic carbocycles. The summed E-state index contributed by atoms with van der Waals surface area (Å²) in [5, 5.41) is 22.8. The fraction of sp³-hybridized carbons (Fsp3) is 0.938. The number of phosphoric ester groups is 1. The highest BCUT2D eigenvalue weighted by atomic mass is 31.2. The number of ether oxygens (including phenoxy) is 3. The van der Waals surface area contributed by atoms with Gasteiger partial charge >= 0.3 is 19.8 Å². The first-order chi connectivity index (χ1) is 30.5. The van der Waals surface area contributed by atoms with Gasteiger partial charge in [-0.15, -0.1) is 0 Å². The average Bonchev–Trinajstić information content (AvgIpc) is 3.25. The van der Waals surface area contributed by atoms with Gasteiger partial charge in [-0.2, -0.15) is 0 Å². The second-order valence-electron chi connectivity index (χ2n) is 18.0. The second kappa shape index (κ2) is 38.6. The Morgan fingerprint density at radius 2 is 1.10 bits per heavy atom. The largest absolute Gasteiger partial charge is 0.480 e. The number of carbonyl (C=O) groups excluding carboxylic acids is 2. The van der Waals surface area contributed by atoms with Gasteiger partial charge in [-0.05, 0) is 19.3 Å². The normalized spacial score (nSPS) is 19.5. The summed E-state index contributed by atoms with van der Waals surface area (Å²) in [5.74, 6) is -2.77. The predicted molar refractivity (Wildman–Crippen MR) is 246 cm³/mol. The van der Waals surface area contributed by atoms with E-state index in [4.69, 9.17) is 20.2 Å². The Bertz CT molecular complexity index is 1160. The maximum Gasteiger partial charge on any atom is 0.470 e. The lowest BCUT2D eigenvalue weighted by Gasteiger charge is -2.42. The number of carbonyl (C=O) groups is 3. The van der Waals surface area contributed by atoms with Crippen LogP contribution in [0, 0.1) is 5.92 Å². The molecule has 1 rings (SSSR count). The van der Waals surface area contributed by atoms with Crippen LogP contribution >= 0.6 is 7.82 Å². The molecule has 0 aromatic rings. The van der Waals surface area contributed by atoms with Gasteiger partial charge in [-0.1, -0.05) is 207 Å². The van der Waals surface area contributed by atoms with Gasteiger partial charge in [0.15, 0.2) is 6.10 Å². The summed E-state index contributed by atoms with van der Waals surface area (Å²) in [6.07, 6.45) is 29.7. The quantitative estimate of drug-likeness (QED) is 0.0221. The first kappa shape index (κ1) is 56.5. The van der Waals surface area contributed by atoms with Crippen LogP contribution in [0.2, 0.25) is 0 Å². The number of amides is 1. The van der Waals surface area contributed by atoms with Crippen molar-refractivity contribution in [1.82, 2.24) is 5.32 Å². The van der Waals surface area contributed by atoms with Crippen LogP contribution in [0.3, 0.4) is 0 Å². The lowest BCUT2D eigenvalue weighted by molar-refractivity contribution is -0.194. The molecule has 366 valence electrons. The average molecular weight is 907 g/mol. The number of rotatable bonds is 44. The van der Waals surface area contributed by atoms with Gasteiger partial charge in [0.1, 0.15) is 18.8 Å². The summed E-state index contributed by atoms with van der Waals surface area (Å²) in [4.78, 5) is 53.3. The molecule has 1 fully saturated rings. The first-order valence-corrected chi connectivity index (χ1v) is 26.7. The predicted octanol–water partition coefficient (Wildman–Crippen LogP) is 11.3. The van der Waals surface area contributed by atoms with E-state index in [2.05, 4.69) is 31.0 Å². The molecule has 0 saturated carbocycles. The van der Waals surface area contributed by atoms with E-state index in [-0.39, 0.29) is 13.0 Å². The molecule has 1 aliphatic heterocycles. The monoisotopic (exact) mass is 907 g/mol. The number of phosphoric acid groups is 1. The van der Waals surface area contributed by atoms with Crippen LogP contribution in [-0.2, 0) is 37.7 Å². The highest BCUT2D eigenvalue weighted by Crippen LogP contribution is 2.41. The SMILES string of the molecule is [2H]OP(=O)(O)O[C@H]1[C@H](OC(=O)C(CCCCCCCCCCCC)CCCCCCCCCCCC)[C@@H](NC(=O)C[C@H](O)CCCCCCCCCCC)CO[C@@H]1COCC(=O)O. The van der Waals surface area contributed by atoms with Gasteiger partial charge < -0.3 is 39.5 Å². The van der Waals surface area contributed by atoms with E-state index in [1.165, 1.54) is 109 Å². The van der Waals surface area contributed by atoms with Gasteiger partial charge in [-0.25, -0.2) is 9.36 Å². The molecule has 0 aromatic heterocycles. The zero-order valence-electron chi connectivity index (χ0n) is 40.4. The molecule has 13 nitrogen and oxygen atoms in total. The van der Waals surface area contributed by atoms with Crippen LogP contribution in [0.25, 0.3) is 0 Å². The van der Waals surface area contributed by atoms with Crippen molar-refractivity contribution in [2.75, 3.05) is 19.8 Å². The van der Waals surface area contributed by atoms with Gasteiger partial charge in [-0.3, -0.25) is 14.1 Å². The molecule has 0 spiro atoms. The van der Waals surface area contributed by atoms with Crippen molar-refractivity contribution < 1.29 is 57.7 Å². The summed E-state index contributed by atoms with van der Waals surface area (Å²) in [6, 6.07) is -1.07. The summed E-state index contributed by atoms with van der Waals surface area (Å²) < 4.78 is 42.7. The van der Waals surface area contributed by atoms with E-state index in [0.717, 1.165) is 77.0 Å². The number of nitrogens with one attached hydrogen (secondary N) is 1. The van der Waals surface area contributed by atoms with Gasteiger partial charge in [0.05, 0.1) is 37.7 Å². The van der Waals surface area contributed by atoms with Gasteiger partial charge in [0, 0.05) is 0 Å². The lowest BCUT2D eigenvalue weighted by atomic mass is 9.93. The lowest BCUT2D eigenvalue weighted by Crippen LogP contribution is -2.62. The topological polar surface area (TPSA) is 198 Å². The van der Waals surface area contributed by atoms with Crippen molar-refractivity contribution in [3.8, 4) is 0 Å². The molecule has 1 aliphatic rings. The molecule has 0 aromatic carbocycles. The van der Waals surface area contributed by atoms with Crippen molar-refractivity contribution in [2.24, 2.45) is 5.92 Å². The van der Waals surface area contributed by atoms with Crippen LogP contribution in [-0.4, -0.2) is 89.6 Å². The van der Waals surface area contributed by atoms with E-state index in [0.29, 0.717) is 19.3 Å². The summed E-state index contributed by atoms with van der Waals surface area (Å²) in [7, 11) is -5.06. The van der Waals surface area contributed by atoms with E-state index in [9.17, 15) is 34.1 Å². The maximum absolute atomic E-state index is 14.3. The molecule has 14 heteroatoms. The van der Waals surface area contributed by atoms with Crippen molar-refractivity contribution in [2.45, 2.75) is 263 Å². The Morgan fingerprint density at radius 3 is 1.52 bits per heavy atom. The highest BCUT2D eigenvalue weighted by Gasteiger charge is 2.48. The van der Waals surface area contributed by atoms with Crippen molar-refractivity contribution >= 4 is 25.7 Å². The Balaban J connectivity index is 3.10. The number of carboxylic acid groups (broad SMARTS) is 1. The second-order valence-corrected chi connectivity index (χ2v) is 19.2. The Kier molecular flexibility index (Phi) is 35.2. The first-order valence-electron chi connectivity index (χ1n) is 25.6. The number of esters is 1. The number of carboxylic acids is 1.